The van der Waals surface area contributed by atoms with Crippen molar-refractivity contribution in [3.63, 3.8) is 0 Å². The molecule has 0 aliphatic rings. The fourth-order valence-electron chi connectivity index (χ4n) is 1.87. The van der Waals surface area contributed by atoms with Crippen molar-refractivity contribution in [3.05, 3.63) is 52.2 Å². The van der Waals surface area contributed by atoms with Crippen LogP contribution in [0.25, 0.3) is 0 Å². The molecule has 94 valence electrons. The number of aromatic nitrogens is 1. The maximum atomic E-state index is 5.88. The highest BCUT2D eigenvalue weighted by atomic mass is 35.5. The zero-order chi connectivity index (χ0) is 13.1. The van der Waals surface area contributed by atoms with Gasteiger partial charge >= 0.3 is 0 Å². The number of nitrogen functional groups attached to an aromatic ring is 1. The lowest BCUT2D eigenvalue weighted by Gasteiger charge is -2.06. The highest BCUT2D eigenvalue weighted by Gasteiger charge is 2.04. The number of benzene rings is 1. The molecule has 0 unspecified atom stereocenters. The smallest absolute Gasteiger partial charge is 0.119 e. The molecule has 0 amide bonds. The molecular formula is C14H15ClN2S. The number of rotatable bonds is 3. The lowest BCUT2D eigenvalue weighted by Crippen LogP contribution is -1.92. The number of aryl methyl sites for hydroxylation is 2. The van der Waals surface area contributed by atoms with Crippen molar-refractivity contribution in [3.8, 4) is 0 Å². The Morgan fingerprint density at radius 2 is 1.83 bits per heavy atom. The minimum atomic E-state index is 0.572. The predicted molar refractivity (Wildman–Crippen MR) is 79.1 cm³/mol. The number of halogens is 1. The molecule has 0 atom stereocenters. The van der Waals surface area contributed by atoms with Crippen LogP contribution in [0.2, 0.25) is 5.02 Å². The van der Waals surface area contributed by atoms with Crippen molar-refractivity contribution in [1.82, 2.24) is 4.98 Å². The van der Waals surface area contributed by atoms with Gasteiger partial charge in [0, 0.05) is 11.9 Å². The third-order valence-corrected chi connectivity index (χ3v) is 3.80. The van der Waals surface area contributed by atoms with Gasteiger partial charge in [-0.25, -0.2) is 4.98 Å². The number of pyridine rings is 1. The first kappa shape index (κ1) is 13.2. The molecule has 1 heterocycles. The molecule has 2 N–H and O–H groups in total. The molecule has 2 rings (SSSR count). The van der Waals surface area contributed by atoms with Gasteiger partial charge in [-0.15, -0.1) is 0 Å². The number of hydrogen-bond donors (Lipinski definition) is 1. The molecule has 2 nitrogen and oxygen atoms in total. The van der Waals surface area contributed by atoms with Crippen LogP contribution >= 0.6 is 23.4 Å². The van der Waals surface area contributed by atoms with Crippen LogP contribution in [-0.4, -0.2) is 4.98 Å². The molecule has 0 bridgehead atoms. The van der Waals surface area contributed by atoms with Crippen molar-refractivity contribution >= 4 is 29.1 Å². The van der Waals surface area contributed by atoms with Gasteiger partial charge < -0.3 is 5.73 Å². The highest BCUT2D eigenvalue weighted by molar-refractivity contribution is 7.98. The number of thioether (sulfide) groups is 1. The first-order chi connectivity index (χ1) is 8.54. The molecule has 0 saturated heterocycles. The largest absolute Gasteiger partial charge is 0.396 e. The van der Waals surface area contributed by atoms with Gasteiger partial charge in [0.25, 0.3) is 0 Å². The second kappa shape index (κ2) is 5.63. The van der Waals surface area contributed by atoms with Gasteiger partial charge in [-0.1, -0.05) is 52.7 Å². The number of nitrogens with two attached hydrogens (primary N) is 1. The molecule has 18 heavy (non-hydrogen) atoms. The van der Waals surface area contributed by atoms with Crippen LogP contribution in [0, 0.1) is 13.8 Å². The first-order valence-corrected chi connectivity index (χ1v) is 7.02. The Balaban J connectivity index is 2.11. The first-order valence-electron chi connectivity index (χ1n) is 5.65. The summed E-state index contributed by atoms with van der Waals surface area (Å²) in [5.74, 6) is 0.862. The maximum absolute atomic E-state index is 5.88. The highest BCUT2D eigenvalue weighted by Crippen LogP contribution is 2.28. The Labute approximate surface area is 117 Å². The van der Waals surface area contributed by atoms with Crippen LogP contribution in [0.4, 0.5) is 5.69 Å². The van der Waals surface area contributed by atoms with E-state index in [1.54, 1.807) is 24.0 Å². The minimum Gasteiger partial charge on any atom is -0.396 e. The Hall–Kier alpha value is -1.19. The fraction of sp³-hybridized carbons (Fsp3) is 0.214. The average molecular weight is 279 g/mol. The standard InChI is InChI=1S/C14H15ClN2S/c1-9-3-10(2)5-11(4-9)8-18-14-13(16)6-12(15)7-17-14/h3-7H,8,16H2,1-2H3. The van der Waals surface area contributed by atoms with Crippen LogP contribution in [0.1, 0.15) is 16.7 Å². The van der Waals surface area contributed by atoms with Gasteiger partial charge in [-0.3, -0.25) is 0 Å². The molecule has 4 heteroatoms. The summed E-state index contributed by atoms with van der Waals surface area (Å²) >= 11 is 7.46. The Bertz CT molecular complexity index is 549. The monoisotopic (exact) mass is 278 g/mol. The summed E-state index contributed by atoms with van der Waals surface area (Å²) in [5.41, 5.74) is 10.4. The quantitative estimate of drug-likeness (QED) is 0.854. The minimum absolute atomic E-state index is 0.572. The molecule has 0 fully saturated rings. The van der Waals surface area contributed by atoms with Crippen molar-refractivity contribution < 1.29 is 0 Å². The van der Waals surface area contributed by atoms with Gasteiger partial charge in [0.05, 0.1) is 10.7 Å². The SMILES string of the molecule is Cc1cc(C)cc(CSc2ncc(Cl)cc2N)c1. The molecule has 0 radical (unpaired) electrons. The van der Waals surface area contributed by atoms with E-state index in [1.165, 1.54) is 16.7 Å². The lowest BCUT2D eigenvalue weighted by molar-refractivity contribution is 1.14. The van der Waals surface area contributed by atoms with Gasteiger partial charge in [-0.05, 0) is 25.5 Å². The van der Waals surface area contributed by atoms with E-state index in [2.05, 4.69) is 37.0 Å². The predicted octanol–water partition coefficient (Wildman–Crippen LogP) is 4.23. The Kier molecular flexibility index (Phi) is 4.15. The normalized spacial score (nSPS) is 10.6. The summed E-state index contributed by atoms with van der Waals surface area (Å²) in [6.07, 6.45) is 1.63. The Morgan fingerprint density at radius 3 is 2.44 bits per heavy atom. The summed E-state index contributed by atoms with van der Waals surface area (Å²) in [6.45, 7) is 4.21. The van der Waals surface area contributed by atoms with Gasteiger partial charge in [0.1, 0.15) is 5.03 Å². The summed E-state index contributed by atoms with van der Waals surface area (Å²) in [7, 11) is 0. The fourth-order valence-corrected chi connectivity index (χ4v) is 2.86. The molecule has 0 aliphatic heterocycles. The maximum Gasteiger partial charge on any atom is 0.119 e. The summed E-state index contributed by atoms with van der Waals surface area (Å²) in [4.78, 5) is 4.24. The third kappa shape index (κ3) is 3.40. The number of nitrogens with zero attached hydrogens (tertiary/aromatic N) is 1. The second-order valence-electron chi connectivity index (χ2n) is 4.33. The van der Waals surface area contributed by atoms with E-state index in [9.17, 15) is 0 Å². The van der Waals surface area contributed by atoms with E-state index in [-0.39, 0.29) is 0 Å². The molecule has 0 spiro atoms. The van der Waals surface area contributed by atoms with Gasteiger partial charge in [-0.2, -0.15) is 0 Å². The molecular weight excluding hydrogens is 264 g/mol. The number of hydrogen-bond acceptors (Lipinski definition) is 3. The molecule has 1 aromatic carbocycles. The Morgan fingerprint density at radius 1 is 1.17 bits per heavy atom. The lowest BCUT2D eigenvalue weighted by atomic mass is 10.1. The van der Waals surface area contributed by atoms with E-state index < -0.39 is 0 Å². The van der Waals surface area contributed by atoms with E-state index in [1.807, 2.05) is 0 Å². The van der Waals surface area contributed by atoms with Crippen LogP contribution in [0.5, 0.6) is 0 Å². The van der Waals surface area contributed by atoms with E-state index in [0.717, 1.165) is 10.8 Å². The van der Waals surface area contributed by atoms with Crippen LogP contribution in [0.15, 0.2) is 35.5 Å². The average Bonchev–Trinajstić information content (AvgIpc) is 2.26. The topological polar surface area (TPSA) is 38.9 Å². The van der Waals surface area contributed by atoms with Crippen LogP contribution in [-0.2, 0) is 5.75 Å². The van der Waals surface area contributed by atoms with Crippen molar-refractivity contribution in [2.45, 2.75) is 24.6 Å². The van der Waals surface area contributed by atoms with Gasteiger partial charge in [0.15, 0.2) is 0 Å². The molecule has 1 aromatic heterocycles. The van der Waals surface area contributed by atoms with E-state index in [4.69, 9.17) is 17.3 Å². The number of anilines is 1. The summed E-state index contributed by atoms with van der Waals surface area (Å²) in [6, 6.07) is 8.28. The van der Waals surface area contributed by atoms with Crippen molar-refractivity contribution in [2.75, 3.05) is 5.73 Å². The van der Waals surface area contributed by atoms with E-state index >= 15 is 0 Å². The molecule has 0 aliphatic carbocycles. The van der Waals surface area contributed by atoms with Gasteiger partial charge in [0.2, 0.25) is 0 Å². The van der Waals surface area contributed by atoms with E-state index in [0.29, 0.717) is 10.7 Å². The van der Waals surface area contributed by atoms with Crippen molar-refractivity contribution in [1.29, 1.82) is 0 Å². The van der Waals surface area contributed by atoms with Crippen LogP contribution in [0.3, 0.4) is 0 Å². The second-order valence-corrected chi connectivity index (χ2v) is 5.73. The van der Waals surface area contributed by atoms with Crippen molar-refractivity contribution in [2.24, 2.45) is 0 Å². The third-order valence-electron chi connectivity index (χ3n) is 2.50. The molecule has 0 saturated carbocycles. The summed E-state index contributed by atoms with van der Waals surface area (Å²) in [5, 5.41) is 1.40. The zero-order valence-corrected chi connectivity index (χ0v) is 12.0. The molecule has 2 aromatic rings. The van der Waals surface area contributed by atoms with Crippen LogP contribution < -0.4 is 5.73 Å². The zero-order valence-electron chi connectivity index (χ0n) is 10.4. The summed E-state index contributed by atoms with van der Waals surface area (Å²) < 4.78 is 0.